The molecule has 5 nitrogen and oxygen atoms in total. The maximum atomic E-state index is 11.9. The van der Waals surface area contributed by atoms with E-state index in [4.69, 9.17) is 5.26 Å². The van der Waals surface area contributed by atoms with Gasteiger partial charge in [0.25, 0.3) is 0 Å². The Kier molecular flexibility index (Phi) is 6.60. The highest BCUT2D eigenvalue weighted by Gasteiger charge is 2.17. The van der Waals surface area contributed by atoms with Crippen LogP contribution >= 0.6 is 0 Å². The van der Waals surface area contributed by atoms with E-state index in [0.29, 0.717) is 13.0 Å². The summed E-state index contributed by atoms with van der Waals surface area (Å²) in [4.78, 5) is 15.9. The number of likely N-dealkylation sites (N-methyl/N-ethyl adjacent to an activating group) is 1. The van der Waals surface area contributed by atoms with Gasteiger partial charge in [0, 0.05) is 32.6 Å². The van der Waals surface area contributed by atoms with E-state index >= 15 is 0 Å². The zero-order chi connectivity index (χ0) is 12.5. The molecule has 1 aliphatic heterocycles. The Balaban J connectivity index is 2.14. The van der Waals surface area contributed by atoms with Crippen LogP contribution in [0, 0.1) is 11.3 Å². The Labute approximate surface area is 103 Å². The smallest absolute Gasteiger partial charge is 0.236 e. The largest absolute Gasteiger partial charge is 0.339 e. The molecule has 0 saturated carbocycles. The normalized spacial score (nSPS) is 15.9. The average molecular weight is 238 g/mol. The number of carbonyl (C=O) groups excluding carboxylic acids is 1. The van der Waals surface area contributed by atoms with Crippen LogP contribution in [0.5, 0.6) is 0 Å². The van der Waals surface area contributed by atoms with Gasteiger partial charge in [-0.25, -0.2) is 0 Å². The first kappa shape index (κ1) is 13.9. The van der Waals surface area contributed by atoms with Crippen LogP contribution in [0.15, 0.2) is 0 Å². The zero-order valence-corrected chi connectivity index (χ0v) is 10.6. The highest BCUT2D eigenvalue weighted by Crippen LogP contribution is 1.99. The van der Waals surface area contributed by atoms with Crippen molar-refractivity contribution in [2.24, 2.45) is 0 Å². The van der Waals surface area contributed by atoms with Crippen LogP contribution in [-0.2, 0) is 4.79 Å². The van der Waals surface area contributed by atoms with Crippen molar-refractivity contribution in [3.05, 3.63) is 0 Å². The average Bonchev–Trinajstić information content (AvgIpc) is 2.36. The molecule has 96 valence electrons. The van der Waals surface area contributed by atoms with E-state index in [1.54, 1.807) is 0 Å². The van der Waals surface area contributed by atoms with E-state index in [9.17, 15) is 4.79 Å². The molecule has 1 aliphatic rings. The summed E-state index contributed by atoms with van der Waals surface area (Å²) in [5.74, 6) is 0.217. The molecule has 0 atom stereocenters. The first-order chi connectivity index (χ1) is 8.24. The van der Waals surface area contributed by atoms with E-state index < -0.39 is 0 Å². The minimum Gasteiger partial charge on any atom is -0.339 e. The molecule has 1 rings (SSSR count). The van der Waals surface area contributed by atoms with Crippen LogP contribution in [-0.4, -0.2) is 62.0 Å². The quantitative estimate of drug-likeness (QED) is 0.664. The second-order valence-electron chi connectivity index (χ2n) is 4.48. The van der Waals surface area contributed by atoms with Gasteiger partial charge in [-0.05, 0) is 26.4 Å². The number of unbranched alkanes of at least 4 members (excludes halogenated alkanes) is 2. The van der Waals surface area contributed by atoms with E-state index in [0.717, 1.165) is 45.6 Å². The molecule has 17 heavy (non-hydrogen) atoms. The molecule has 0 bridgehead atoms. The molecule has 1 amide bonds. The number of nitrogens with zero attached hydrogens (tertiary/aromatic N) is 3. The fourth-order valence-corrected chi connectivity index (χ4v) is 1.91. The van der Waals surface area contributed by atoms with Gasteiger partial charge in [0.15, 0.2) is 0 Å². The summed E-state index contributed by atoms with van der Waals surface area (Å²) in [6, 6.07) is 2.13. The lowest BCUT2D eigenvalue weighted by molar-refractivity contribution is -0.132. The van der Waals surface area contributed by atoms with E-state index in [-0.39, 0.29) is 5.91 Å². The summed E-state index contributed by atoms with van der Waals surface area (Å²) in [6.45, 7) is 4.82. The molecule has 1 N–H and O–H groups in total. The predicted molar refractivity (Wildman–Crippen MR) is 66.4 cm³/mol. The molecular weight excluding hydrogens is 216 g/mol. The molecule has 1 fully saturated rings. The molecule has 0 aromatic carbocycles. The summed E-state index contributed by atoms with van der Waals surface area (Å²) in [5.41, 5.74) is 0. The highest BCUT2D eigenvalue weighted by molar-refractivity contribution is 5.78. The van der Waals surface area contributed by atoms with Crippen LogP contribution in [0.3, 0.4) is 0 Å². The third kappa shape index (κ3) is 5.66. The monoisotopic (exact) mass is 238 g/mol. The van der Waals surface area contributed by atoms with Gasteiger partial charge in [0.2, 0.25) is 5.91 Å². The van der Waals surface area contributed by atoms with Gasteiger partial charge in [-0.3, -0.25) is 9.69 Å². The second kappa shape index (κ2) is 8.04. The van der Waals surface area contributed by atoms with E-state index in [1.807, 2.05) is 16.8 Å². The predicted octanol–water partition coefficient (Wildman–Crippen LogP) is 0.0439. The summed E-state index contributed by atoms with van der Waals surface area (Å²) >= 11 is 0. The van der Waals surface area contributed by atoms with Crippen molar-refractivity contribution >= 4 is 5.91 Å². The Bertz CT molecular complexity index is 268. The van der Waals surface area contributed by atoms with Gasteiger partial charge in [-0.2, -0.15) is 5.26 Å². The van der Waals surface area contributed by atoms with Gasteiger partial charge in [0.1, 0.15) is 0 Å². The molecule has 0 spiro atoms. The van der Waals surface area contributed by atoms with Crippen molar-refractivity contribution in [2.75, 3.05) is 46.3 Å². The van der Waals surface area contributed by atoms with E-state index in [2.05, 4.69) is 11.4 Å². The Hall–Kier alpha value is -1.12. The number of nitrogens with one attached hydrogen (secondary N) is 1. The number of carbonyl (C=O) groups is 1. The van der Waals surface area contributed by atoms with Gasteiger partial charge >= 0.3 is 0 Å². The number of hydrogen-bond acceptors (Lipinski definition) is 4. The number of piperazine rings is 1. The van der Waals surface area contributed by atoms with Gasteiger partial charge in [-0.1, -0.05) is 0 Å². The maximum absolute atomic E-state index is 11.9. The van der Waals surface area contributed by atoms with Crippen molar-refractivity contribution < 1.29 is 4.79 Å². The molecule has 0 radical (unpaired) electrons. The Morgan fingerprint density at radius 3 is 2.76 bits per heavy atom. The third-order valence-electron chi connectivity index (χ3n) is 2.95. The molecule has 1 heterocycles. The van der Waals surface area contributed by atoms with Crippen molar-refractivity contribution in [3.8, 4) is 6.07 Å². The Morgan fingerprint density at radius 2 is 2.12 bits per heavy atom. The Morgan fingerprint density at radius 1 is 1.41 bits per heavy atom. The standard InChI is InChI=1S/C12H22N4O/c1-15(8-4-2-3-5-13)11-12(17)16-9-6-14-7-10-16/h14H,2-4,6-11H2,1H3. The molecule has 5 heteroatoms. The van der Waals surface area contributed by atoms with Crippen LogP contribution in [0.1, 0.15) is 19.3 Å². The lowest BCUT2D eigenvalue weighted by atomic mass is 10.2. The highest BCUT2D eigenvalue weighted by atomic mass is 16.2. The van der Waals surface area contributed by atoms with Crippen molar-refractivity contribution in [3.63, 3.8) is 0 Å². The van der Waals surface area contributed by atoms with Gasteiger partial charge < -0.3 is 10.2 Å². The molecule has 0 aromatic rings. The van der Waals surface area contributed by atoms with Crippen LogP contribution in [0.2, 0.25) is 0 Å². The summed E-state index contributed by atoms with van der Waals surface area (Å²) in [6.07, 6.45) is 2.52. The van der Waals surface area contributed by atoms with E-state index in [1.165, 1.54) is 0 Å². The number of rotatable bonds is 6. The van der Waals surface area contributed by atoms with Crippen molar-refractivity contribution in [1.29, 1.82) is 5.26 Å². The van der Waals surface area contributed by atoms with Gasteiger partial charge in [-0.15, -0.1) is 0 Å². The van der Waals surface area contributed by atoms with Crippen molar-refractivity contribution in [2.45, 2.75) is 19.3 Å². The zero-order valence-electron chi connectivity index (χ0n) is 10.6. The van der Waals surface area contributed by atoms with Crippen LogP contribution < -0.4 is 5.32 Å². The molecule has 0 aromatic heterocycles. The lowest BCUT2D eigenvalue weighted by Gasteiger charge is -2.29. The number of amides is 1. The maximum Gasteiger partial charge on any atom is 0.236 e. The first-order valence-corrected chi connectivity index (χ1v) is 6.28. The minimum absolute atomic E-state index is 0.217. The van der Waals surface area contributed by atoms with Crippen LogP contribution in [0.25, 0.3) is 0 Å². The lowest BCUT2D eigenvalue weighted by Crippen LogP contribution is -2.49. The topological polar surface area (TPSA) is 59.4 Å². The van der Waals surface area contributed by atoms with Gasteiger partial charge in [0.05, 0.1) is 12.6 Å². The minimum atomic E-state index is 0.217. The molecular formula is C12H22N4O. The second-order valence-corrected chi connectivity index (χ2v) is 4.48. The third-order valence-corrected chi connectivity index (χ3v) is 2.95. The summed E-state index contributed by atoms with van der Waals surface area (Å²) in [7, 11) is 1.96. The fraction of sp³-hybridized carbons (Fsp3) is 0.833. The summed E-state index contributed by atoms with van der Waals surface area (Å²) in [5, 5.41) is 11.6. The SMILES string of the molecule is CN(CCCCC#N)CC(=O)N1CCNCC1. The fourth-order valence-electron chi connectivity index (χ4n) is 1.91. The molecule has 1 saturated heterocycles. The summed E-state index contributed by atoms with van der Waals surface area (Å²) < 4.78 is 0. The van der Waals surface area contributed by atoms with Crippen molar-refractivity contribution in [1.82, 2.24) is 15.1 Å². The number of nitriles is 1. The number of hydrogen-bond donors (Lipinski definition) is 1. The first-order valence-electron chi connectivity index (χ1n) is 6.28. The molecule has 0 unspecified atom stereocenters. The molecule has 0 aliphatic carbocycles. The van der Waals surface area contributed by atoms with Crippen LogP contribution in [0.4, 0.5) is 0 Å².